The Morgan fingerprint density at radius 1 is 1.13 bits per heavy atom. The van der Waals surface area contributed by atoms with Crippen molar-refractivity contribution in [3.05, 3.63) is 11.6 Å². The van der Waals surface area contributed by atoms with Gasteiger partial charge in [-0.1, -0.05) is 32.4 Å². The average molecular weight is 437 g/mol. The SMILES string of the molecule is COC(=O)CCC(=O)OCC12CCC(C)C(C)(CCC(C)C(=O)OC)C1CCC=C2C. The summed E-state index contributed by atoms with van der Waals surface area (Å²) in [4.78, 5) is 35.6. The highest BCUT2D eigenvalue weighted by Gasteiger charge is 2.55. The highest BCUT2D eigenvalue weighted by atomic mass is 16.5. The second kappa shape index (κ2) is 10.6. The highest BCUT2D eigenvalue weighted by Crippen LogP contribution is 2.62. The van der Waals surface area contributed by atoms with Crippen molar-refractivity contribution < 1.29 is 28.6 Å². The zero-order valence-corrected chi connectivity index (χ0v) is 20.1. The van der Waals surface area contributed by atoms with Gasteiger partial charge < -0.3 is 14.2 Å². The summed E-state index contributed by atoms with van der Waals surface area (Å²) >= 11 is 0. The molecular formula is C25H40O6. The maximum absolute atomic E-state index is 12.3. The number of hydrogen-bond donors (Lipinski definition) is 0. The Labute approximate surface area is 187 Å². The lowest BCUT2D eigenvalue weighted by molar-refractivity contribution is -0.157. The predicted molar refractivity (Wildman–Crippen MR) is 118 cm³/mol. The van der Waals surface area contributed by atoms with Crippen LogP contribution in [0, 0.1) is 28.6 Å². The van der Waals surface area contributed by atoms with Gasteiger partial charge in [0.2, 0.25) is 0 Å². The van der Waals surface area contributed by atoms with Gasteiger partial charge in [-0.25, -0.2) is 0 Å². The van der Waals surface area contributed by atoms with Crippen LogP contribution < -0.4 is 0 Å². The third kappa shape index (κ3) is 5.50. The van der Waals surface area contributed by atoms with Gasteiger partial charge in [-0.3, -0.25) is 14.4 Å². The van der Waals surface area contributed by atoms with E-state index in [2.05, 4.69) is 31.6 Å². The molecule has 6 heteroatoms. The van der Waals surface area contributed by atoms with E-state index in [1.54, 1.807) is 0 Å². The molecule has 31 heavy (non-hydrogen) atoms. The third-order valence-electron chi connectivity index (χ3n) is 8.27. The van der Waals surface area contributed by atoms with Crippen molar-refractivity contribution in [2.75, 3.05) is 20.8 Å². The van der Waals surface area contributed by atoms with Crippen molar-refractivity contribution in [3.63, 3.8) is 0 Å². The molecule has 0 aromatic rings. The molecule has 0 aromatic heterocycles. The normalized spacial score (nSPS) is 31.1. The number of rotatable bonds is 9. The van der Waals surface area contributed by atoms with Gasteiger partial charge in [-0.05, 0) is 62.7 Å². The summed E-state index contributed by atoms with van der Waals surface area (Å²) in [7, 11) is 2.76. The molecule has 0 bridgehead atoms. The quantitative estimate of drug-likeness (QED) is 0.292. The van der Waals surface area contributed by atoms with Crippen molar-refractivity contribution in [1.82, 2.24) is 0 Å². The lowest BCUT2D eigenvalue weighted by atomic mass is 9.46. The van der Waals surface area contributed by atoms with Crippen LogP contribution in [0.2, 0.25) is 0 Å². The minimum Gasteiger partial charge on any atom is -0.469 e. The first-order chi connectivity index (χ1) is 14.6. The summed E-state index contributed by atoms with van der Waals surface area (Å²) < 4.78 is 15.3. The largest absolute Gasteiger partial charge is 0.469 e. The minimum absolute atomic E-state index is 0.0422. The minimum atomic E-state index is -0.402. The molecule has 6 nitrogen and oxygen atoms in total. The molecule has 0 amide bonds. The molecule has 2 rings (SSSR count). The Morgan fingerprint density at radius 3 is 2.45 bits per heavy atom. The van der Waals surface area contributed by atoms with Gasteiger partial charge >= 0.3 is 17.9 Å². The molecule has 176 valence electrons. The van der Waals surface area contributed by atoms with Crippen molar-refractivity contribution in [2.45, 2.75) is 79.1 Å². The van der Waals surface area contributed by atoms with Crippen molar-refractivity contribution in [3.8, 4) is 0 Å². The molecule has 1 saturated carbocycles. The second-order valence-corrected chi connectivity index (χ2v) is 9.82. The fourth-order valence-corrected chi connectivity index (χ4v) is 5.84. The summed E-state index contributed by atoms with van der Waals surface area (Å²) in [6, 6.07) is 0. The van der Waals surface area contributed by atoms with E-state index in [-0.39, 0.29) is 41.5 Å². The number of fused-ring (bicyclic) bond motifs is 1. The Bertz CT molecular complexity index is 698. The van der Waals surface area contributed by atoms with Crippen molar-refractivity contribution >= 4 is 17.9 Å². The molecule has 0 aliphatic heterocycles. The Kier molecular flexibility index (Phi) is 8.73. The first-order valence-corrected chi connectivity index (χ1v) is 11.6. The summed E-state index contributed by atoms with van der Waals surface area (Å²) in [6.07, 6.45) is 8.27. The third-order valence-corrected chi connectivity index (χ3v) is 8.27. The van der Waals surface area contributed by atoms with Gasteiger partial charge in [0, 0.05) is 5.41 Å². The van der Waals surface area contributed by atoms with Crippen LogP contribution >= 0.6 is 0 Å². The molecule has 2 aliphatic carbocycles. The van der Waals surface area contributed by atoms with Crippen LogP contribution in [0.4, 0.5) is 0 Å². The maximum atomic E-state index is 12.3. The maximum Gasteiger partial charge on any atom is 0.308 e. The first kappa shape index (κ1) is 25.4. The van der Waals surface area contributed by atoms with Gasteiger partial charge in [0.15, 0.2) is 0 Å². The molecule has 0 saturated heterocycles. The number of esters is 3. The monoisotopic (exact) mass is 436 g/mol. The molecule has 0 spiro atoms. The van der Waals surface area contributed by atoms with E-state index in [1.165, 1.54) is 19.8 Å². The van der Waals surface area contributed by atoms with Crippen LogP contribution in [0.5, 0.6) is 0 Å². The van der Waals surface area contributed by atoms with E-state index in [0.717, 1.165) is 38.5 Å². The van der Waals surface area contributed by atoms with Crippen LogP contribution in [0.1, 0.15) is 79.1 Å². The lowest BCUT2D eigenvalue weighted by Crippen LogP contribution is -2.53. The van der Waals surface area contributed by atoms with Crippen LogP contribution in [0.25, 0.3) is 0 Å². The van der Waals surface area contributed by atoms with E-state index in [9.17, 15) is 14.4 Å². The van der Waals surface area contributed by atoms with Crippen LogP contribution in [-0.4, -0.2) is 38.7 Å². The van der Waals surface area contributed by atoms with Gasteiger partial charge in [0.05, 0.1) is 33.0 Å². The lowest BCUT2D eigenvalue weighted by Gasteiger charge is -2.59. The molecule has 5 unspecified atom stereocenters. The second-order valence-electron chi connectivity index (χ2n) is 9.82. The fourth-order valence-electron chi connectivity index (χ4n) is 5.84. The number of carbonyl (C=O) groups is 3. The molecule has 0 N–H and O–H groups in total. The average Bonchev–Trinajstić information content (AvgIpc) is 2.77. The van der Waals surface area contributed by atoms with Crippen molar-refractivity contribution in [2.24, 2.45) is 28.6 Å². The highest BCUT2D eigenvalue weighted by molar-refractivity contribution is 5.77. The molecule has 1 fully saturated rings. The van der Waals surface area contributed by atoms with Gasteiger partial charge in [0.25, 0.3) is 0 Å². The summed E-state index contributed by atoms with van der Waals surface area (Å²) in [5.74, 6) is -0.125. The van der Waals surface area contributed by atoms with E-state index in [0.29, 0.717) is 18.4 Å². The zero-order valence-electron chi connectivity index (χ0n) is 20.1. The van der Waals surface area contributed by atoms with Crippen LogP contribution in [0.3, 0.4) is 0 Å². The molecular weight excluding hydrogens is 396 g/mol. The topological polar surface area (TPSA) is 78.9 Å². The Morgan fingerprint density at radius 2 is 1.81 bits per heavy atom. The summed E-state index contributed by atoms with van der Waals surface area (Å²) in [6.45, 7) is 9.14. The first-order valence-electron chi connectivity index (χ1n) is 11.6. The molecule has 0 heterocycles. The number of carbonyl (C=O) groups excluding carboxylic acids is 3. The zero-order chi connectivity index (χ0) is 23.2. The standard InChI is InChI=1S/C25H40O6/c1-17(23(28)30-6)12-14-24(4)18(2)13-15-25(19(3)8-7-9-20(24)25)16-31-22(27)11-10-21(26)29-5/h8,17-18,20H,7,9-16H2,1-6H3. The number of methoxy groups -OCH3 is 2. The van der Waals surface area contributed by atoms with Gasteiger partial charge in [0.1, 0.15) is 6.61 Å². The Hall–Kier alpha value is -1.85. The number of allylic oxidation sites excluding steroid dienone is 1. The molecule has 5 atom stereocenters. The van der Waals surface area contributed by atoms with Gasteiger partial charge in [-0.2, -0.15) is 0 Å². The molecule has 0 aromatic carbocycles. The van der Waals surface area contributed by atoms with Crippen molar-refractivity contribution in [1.29, 1.82) is 0 Å². The molecule has 2 aliphatic rings. The fraction of sp³-hybridized carbons (Fsp3) is 0.800. The number of ether oxygens (including phenoxy) is 3. The van der Waals surface area contributed by atoms with E-state index >= 15 is 0 Å². The molecule has 0 radical (unpaired) electrons. The Balaban J connectivity index is 2.18. The van der Waals surface area contributed by atoms with Crippen LogP contribution in [-0.2, 0) is 28.6 Å². The smallest absolute Gasteiger partial charge is 0.308 e. The number of hydrogen-bond acceptors (Lipinski definition) is 6. The van der Waals surface area contributed by atoms with Gasteiger partial charge in [-0.15, -0.1) is 0 Å². The summed E-state index contributed by atoms with van der Waals surface area (Å²) in [5.41, 5.74) is 1.19. The summed E-state index contributed by atoms with van der Waals surface area (Å²) in [5, 5.41) is 0. The van der Waals surface area contributed by atoms with E-state index < -0.39 is 5.97 Å². The van der Waals surface area contributed by atoms with E-state index in [4.69, 9.17) is 9.47 Å². The predicted octanol–water partition coefficient (Wildman–Crippen LogP) is 4.85. The van der Waals surface area contributed by atoms with E-state index in [1.807, 2.05) is 6.92 Å². The van der Waals surface area contributed by atoms with Crippen LogP contribution in [0.15, 0.2) is 11.6 Å².